The number of nitrogens with zero attached hydrogens (tertiary/aromatic N) is 1. The fraction of sp³-hybridized carbons (Fsp3) is 0.600. The lowest BCUT2D eigenvalue weighted by atomic mass is 9.92. The van der Waals surface area contributed by atoms with Gasteiger partial charge in [-0.15, -0.1) is 13.2 Å². The Kier molecular flexibility index (Phi) is 4.78. The third-order valence-electron chi connectivity index (χ3n) is 4.19. The monoisotopic (exact) mass is 302 g/mol. The third-order valence-corrected chi connectivity index (χ3v) is 4.19. The summed E-state index contributed by atoms with van der Waals surface area (Å²) in [5, 5.41) is 0. The summed E-state index contributed by atoms with van der Waals surface area (Å²) in [6, 6.07) is 6.33. The van der Waals surface area contributed by atoms with Crippen LogP contribution in [0.5, 0.6) is 5.75 Å². The van der Waals surface area contributed by atoms with Gasteiger partial charge in [0, 0.05) is 18.6 Å². The number of ether oxygens (including phenoxy) is 1. The van der Waals surface area contributed by atoms with Gasteiger partial charge in [0.15, 0.2) is 0 Å². The fourth-order valence-electron chi connectivity index (χ4n) is 2.64. The van der Waals surface area contributed by atoms with Crippen molar-refractivity contribution in [2.75, 3.05) is 13.1 Å². The molecule has 3 unspecified atom stereocenters. The Morgan fingerprint density at radius 2 is 1.90 bits per heavy atom. The van der Waals surface area contributed by atoms with Crippen LogP contribution in [0.2, 0.25) is 0 Å². The van der Waals surface area contributed by atoms with Crippen LogP contribution in [0.15, 0.2) is 24.3 Å². The predicted octanol–water partition coefficient (Wildman–Crippen LogP) is 3.32. The van der Waals surface area contributed by atoms with Gasteiger partial charge >= 0.3 is 6.36 Å². The standard InChI is InChI=1S/C15H21F3N2O/c1-10-7-8-20(9-14(10)19)11(2)12-3-5-13(6-4-12)21-15(16,17)18/h3-6,10-11,14H,7-9,19H2,1-2H3. The van der Waals surface area contributed by atoms with Gasteiger partial charge in [0.05, 0.1) is 0 Å². The molecule has 1 aromatic carbocycles. The first-order valence-electron chi connectivity index (χ1n) is 7.11. The van der Waals surface area contributed by atoms with E-state index in [9.17, 15) is 13.2 Å². The Bertz CT molecular complexity index is 461. The molecule has 1 heterocycles. The zero-order valence-corrected chi connectivity index (χ0v) is 12.2. The molecular formula is C15H21F3N2O. The molecule has 0 saturated carbocycles. The minimum Gasteiger partial charge on any atom is -0.406 e. The second-order valence-electron chi connectivity index (χ2n) is 5.72. The van der Waals surface area contributed by atoms with Gasteiger partial charge < -0.3 is 10.5 Å². The van der Waals surface area contributed by atoms with E-state index in [1.807, 2.05) is 6.92 Å². The average molecular weight is 302 g/mol. The molecule has 3 nitrogen and oxygen atoms in total. The maximum absolute atomic E-state index is 12.1. The second-order valence-corrected chi connectivity index (χ2v) is 5.72. The molecule has 2 N–H and O–H groups in total. The van der Waals surface area contributed by atoms with Crippen molar-refractivity contribution >= 4 is 0 Å². The van der Waals surface area contributed by atoms with Gasteiger partial charge in [-0.05, 0) is 43.5 Å². The Hall–Kier alpha value is -1.27. The van der Waals surface area contributed by atoms with Gasteiger partial charge in [0.1, 0.15) is 5.75 Å². The largest absolute Gasteiger partial charge is 0.573 e. The Labute approximate surface area is 122 Å². The quantitative estimate of drug-likeness (QED) is 0.931. The number of alkyl halides is 3. The highest BCUT2D eigenvalue weighted by Gasteiger charge is 2.31. The first-order chi connectivity index (χ1) is 9.76. The van der Waals surface area contributed by atoms with Gasteiger partial charge in [-0.2, -0.15) is 0 Å². The maximum atomic E-state index is 12.1. The van der Waals surface area contributed by atoms with E-state index in [1.165, 1.54) is 12.1 Å². The van der Waals surface area contributed by atoms with Gasteiger partial charge in [-0.25, -0.2) is 0 Å². The summed E-state index contributed by atoms with van der Waals surface area (Å²) < 4.78 is 40.3. The number of hydrogen-bond donors (Lipinski definition) is 1. The molecule has 0 aliphatic carbocycles. The lowest BCUT2D eigenvalue weighted by molar-refractivity contribution is -0.274. The van der Waals surface area contributed by atoms with Crippen molar-refractivity contribution < 1.29 is 17.9 Å². The first-order valence-corrected chi connectivity index (χ1v) is 7.11. The summed E-state index contributed by atoms with van der Waals surface area (Å²) in [6.45, 7) is 5.96. The van der Waals surface area contributed by atoms with E-state index in [2.05, 4.69) is 16.6 Å². The molecule has 0 spiro atoms. The van der Waals surface area contributed by atoms with E-state index < -0.39 is 6.36 Å². The van der Waals surface area contributed by atoms with Crippen molar-refractivity contribution in [3.8, 4) is 5.75 Å². The summed E-state index contributed by atoms with van der Waals surface area (Å²) in [7, 11) is 0. The van der Waals surface area contributed by atoms with Crippen molar-refractivity contribution in [2.24, 2.45) is 11.7 Å². The van der Waals surface area contributed by atoms with Crippen molar-refractivity contribution in [3.05, 3.63) is 29.8 Å². The van der Waals surface area contributed by atoms with Crippen LogP contribution < -0.4 is 10.5 Å². The molecule has 1 aliphatic rings. The highest BCUT2D eigenvalue weighted by Crippen LogP contribution is 2.28. The molecule has 1 aromatic rings. The summed E-state index contributed by atoms with van der Waals surface area (Å²) in [4.78, 5) is 2.27. The molecule has 2 rings (SSSR count). The van der Waals surface area contributed by atoms with Crippen LogP contribution >= 0.6 is 0 Å². The van der Waals surface area contributed by atoms with Gasteiger partial charge in [0.2, 0.25) is 0 Å². The van der Waals surface area contributed by atoms with Crippen molar-refractivity contribution in [3.63, 3.8) is 0 Å². The Morgan fingerprint density at radius 3 is 2.43 bits per heavy atom. The minimum atomic E-state index is -4.65. The average Bonchev–Trinajstić information content (AvgIpc) is 2.40. The van der Waals surface area contributed by atoms with Crippen molar-refractivity contribution in [1.29, 1.82) is 0 Å². The predicted molar refractivity (Wildman–Crippen MR) is 74.9 cm³/mol. The van der Waals surface area contributed by atoms with Crippen LogP contribution in [0, 0.1) is 5.92 Å². The molecule has 3 atom stereocenters. The summed E-state index contributed by atoms with van der Waals surface area (Å²) >= 11 is 0. The summed E-state index contributed by atoms with van der Waals surface area (Å²) in [6.07, 6.45) is -3.61. The number of nitrogens with two attached hydrogens (primary N) is 1. The van der Waals surface area contributed by atoms with Crippen molar-refractivity contribution in [1.82, 2.24) is 4.90 Å². The van der Waals surface area contributed by atoms with E-state index >= 15 is 0 Å². The highest BCUT2D eigenvalue weighted by molar-refractivity contribution is 5.29. The second kappa shape index (κ2) is 6.23. The molecule has 0 amide bonds. The maximum Gasteiger partial charge on any atom is 0.573 e. The zero-order valence-electron chi connectivity index (χ0n) is 12.2. The number of benzene rings is 1. The van der Waals surface area contributed by atoms with E-state index in [4.69, 9.17) is 5.73 Å². The number of likely N-dealkylation sites (tertiary alicyclic amines) is 1. The van der Waals surface area contributed by atoms with Crippen LogP contribution in [0.3, 0.4) is 0 Å². The normalized spacial score (nSPS) is 25.6. The molecule has 0 bridgehead atoms. The molecule has 0 radical (unpaired) electrons. The van der Waals surface area contributed by atoms with Crippen LogP contribution in [-0.4, -0.2) is 30.4 Å². The topological polar surface area (TPSA) is 38.5 Å². The fourth-order valence-corrected chi connectivity index (χ4v) is 2.64. The van der Waals surface area contributed by atoms with E-state index in [1.54, 1.807) is 12.1 Å². The lowest BCUT2D eigenvalue weighted by Crippen LogP contribution is -2.48. The Morgan fingerprint density at radius 1 is 1.29 bits per heavy atom. The highest BCUT2D eigenvalue weighted by atomic mass is 19.4. The van der Waals surface area contributed by atoms with E-state index in [0.29, 0.717) is 5.92 Å². The number of halogens is 3. The molecule has 0 aromatic heterocycles. The van der Waals surface area contributed by atoms with Gasteiger partial charge in [0.25, 0.3) is 0 Å². The molecule has 1 fully saturated rings. The van der Waals surface area contributed by atoms with Crippen LogP contribution in [0.25, 0.3) is 0 Å². The molecule has 1 aliphatic heterocycles. The molecule has 1 saturated heterocycles. The van der Waals surface area contributed by atoms with Crippen LogP contribution in [0.1, 0.15) is 31.9 Å². The van der Waals surface area contributed by atoms with Crippen LogP contribution in [-0.2, 0) is 0 Å². The summed E-state index contributed by atoms with van der Waals surface area (Å²) in [5.74, 6) is 0.318. The first kappa shape index (κ1) is 16.1. The third kappa shape index (κ3) is 4.35. The van der Waals surface area contributed by atoms with Gasteiger partial charge in [-0.3, -0.25) is 4.90 Å². The number of piperidine rings is 1. The van der Waals surface area contributed by atoms with E-state index in [-0.39, 0.29) is 17.8 Å². The number of hydrogen-bond acceptors (Lipinski definition) is 3. The number of rotatable bonds is 3. The minimum absolute atomic E-state index is 0.128. The Balaban J connectivity index is 2.01. The zero-order chi connectivity index (χ0) is 15.6. The van der Waals surface area contributed by atoms with E-state index in [0.717, 1.165) is 25.1 Å². The SMILES string of the molecule is CC1CCN(C(C)c2ccc(OC(F)(F)F)cc2)CC1N. The van der Waals surface area contributed by atoms with Crippen molar-refractivity contribution in [2.45, 2.75) is 38.7 Å². The lowest BCUT2D eigenvalue weighted by Gasteiger charge is -2.38. The molecule has 118 valence electrons. The van der Waals surface area contributed by atoms with Gasteiger partial charge in [-0.1, -0.05) is 19.1 Å². The molecular weight excluding hydrogens is 281 g/mol. The molecule has 6 heteroatoms. The van der Waals surface area contributed by atoms with Crippen LogP contribution in [0.4, 0.5) is 13.2 Å². The smallest absolute Gasteiger partial charge is 0.406 e. The molecule has 21 heavy (non-hydrogen) atoms. The summed E-state index contributed by atoms with van der Waals surface area (Å²) in [5.41, 5.74) is 7.06.